The van der Waals surface area contributed by atoms with Crippen molar-refractivity contribution < 1.29 is 0 Å². The van der Waals surface area contributed by atoms with Gasteiger partial charge in [-0.05, 0) is 63.4 Å². The Kier molecular flexibility index (Phi) is 5.30. The van der Waals surface area contributed by atoms with Gasteiger partial charge in [0.15, 0.2) is 0 Å². The van der Waals surface area contributed by atoms with Crippen LogP contribution in [-0.2, 0) is 0 Å². The van der Waals surface area contributed by atoms with Gasteiger partial charge < -0.3 is 18.8 Å². The topological polar surface area (TPSA) is 16.3 Å². The molecule has 1 aliphatic rings. The van der Waals surface area contributed by atoms with E-state index in [0.29, 0.717) is 6.98 Å². The van der Waals surface area contributed by atoms with E-state index in [9.17, 15) is 0 Å². The summed E-state index contributed by atoms with van der Waals surface area (Å²) in [6.45, 7) is 2.57. The van der Waals surface area contributed by atoms with Crippen LogP contribution in [0.2, 0.25) is 6.82 Å². The Balaban J connectivity index is 1.35. The number of para-hydroxylation sites is 5. The second-order valence-electron chi connectivity index (χ2n) is 12.0. The quantitative estimate of drug-likeness (QED) is 0.198. The zero-order valence-corrected chi connectivity index (χ0v) is 25.1. The highest BCUT2D eigenvalue weighted by Crippen LogP contribution is 2.45. The lowest BCUT2D eigenvalue weighted by molar-refractivity contribution is 1.16. The smallest absolute Gasteiger partial charge is 0.371 e. The van der Waals surface area contributed by atoms with Crippen LogP contribution in [0.25, 0.3) is 66.1 Å². The van der Waals surface area contributed by atoms with Gasteiger partial charge in [0.25, 0.3) is 0 Å². The zero-order chi connectivity index (χ0) is 29.5. The van der Waals surface area contributed by atoms with Crippen molar-refractivity contribution in [2.75, 3.05) is 23.7 Å². The second kappa shape index (κ2) is 9.29. The molecule has 0 fully saturated rings. The summed E-state index contributed by atoms with van der Waals surface area (Å²) in [6.07, 6.45) is 0. The lowest BCUT2D eigenvalue weighted by Crippen LogP contribution is -2.41. The fraction of sp³-hybridized carbons (Fsp3) is 0.0769. The molecule has 0 saturated carbocycles. The third kappa shape index (κ3) is 3.35. The van der Waals surface area contributed by atoms with Gasteiger partial charge in [0.05, 0.1) is 39.1 Å². The SMILES string of the molecule is CB1N(C)c2cc3c4ccccc4n(-c4ccccc4-c4ccccc4-n4c5ccccc5c5ccccc54)c3cc2N1C. The summed E-state index contributed by atoms with van der Waals surface area (Å²) in [5, 5.41) is 5.09. The first-order chi connectivity index (χ1) is 21.6. The molecule has 0 aliphatic carbocycles. The van der Waals surface area contributed by atoms with Gasteiger partial charge >= 0.3 is 6.98 Å². The molecule has 0 bridgehead atoms. The Hall–Kier alpha value is -5.42. The summed E-state index contributed by atoms with van der Waals surface area (Å²) in [6, 6.07) is 48.8. The molecule has 9 rings (SSSR count). The molecule has 0 saturated heterocycles. The molecular weight excluding hydrogens is 535 g/mol. The lowest BCUT2D eigenvalue weighted by atomic mass is 9.78. The molecule has 2 aromatic heterocycles. The number of fused-ring (bicyclic) bond motifs is 7. The molecule has 1 aliphatic heterocycles. The predicted molar refractivity (Wildman–Crippen MR) is 189 cm³/mol. The van der Waals surface area contributed by atoms with Crippen LogP contribution in [0.1, 0.15) is 0 Å². The Morgan fingerprint density at radius 3 is 1.30 bits per heavy atom. The van der Waals surface area contributed by atoms with Gasteiger partial charge in [0.2, 0.25) is 0 Å². The van der Waals surface area contributed by atoms with Crippen LogP contribution in [0, 0.1) is 0 Å². The summed E-state index contributed by atoms with van der Waals surface area (Å²) in [5.41, 5.74) is 12.2. The summed E-state index contributed by atoms with van der Waals surface area (Å²) in [7, 11) is 4.39. The van der Waals surface area contributed by atoms with Crippen LogP contribution in [0.15, 0.2) is 133 Å². The van der Waals surface area contributed by atoms with Crippen LogP contribution in [-0.4, -0.2) is 30.2 Å². The van der Waals surface area contributed by atoms with Crippen molar-refractivity contribution in [2.45, 2.75) is 6.82 Å². The average Bonchev–Trinajstić information content (AvgIpc) is 3.66. The maximum absolute atomic E-state index is 2.47. The third-order valence-corrected chi connectivity index (χ3v) is 9.81. The Labute approximate surface area is 257 Å². The number of rotatable bonds is 3. The number of hydrogen-bond acceptors (Lipinski definition) is 2. The van der Waals surface area contributed by atoms with Crippen LogP contribution in [0.3, 0.4) is 0 Å². The summed E-state index contributed by atoms with van der Waals surface area (Å²) in [4.78, 5) is 4.75. The first-order valence-electron chi connectivity index (χ1n) is 15.3. The fourth-order valence-electron chi connectivity index (χ4n) is 7.45. The molecule has 4 nitrogen and oxygen atoms in total. The van der Waals surface area contributed by atoms with Crippen molar-refractivity contribution in [1.82, 2.24) is 9.13 Å². The highest BCUT2D eigenvalue weighted by Gasteiger charge is 2.33. The van der Waals surface area contributed by atoms with Gasteiger partial charge in [-0.25, -0.2) is 0 Å². The summed E-state index contributed by atoms with van der Waals surface area (Å²) < 4.78 is 4.90. The molecular formula is C39H31BN4. The van der Waals surface area contributed by atoms with Gasteiger partial charge in [-0.15, -0.1) is 0 Å². The van der Waals surface area contributed by atoms with E-state index in [4.69, 9.17) is 0 Å². The molecule has 6 aromatic carbocycles. The molecule has 8 aromatic rings. The van der Waals surface area contributed by atoms with Crippen molar-refractivity contribution >= 4 is 62.0 Å². The normalized spacial score (nSPS) is 13.2. The minimum atomic E-state index is 0.307. The van der Waals surface area contributed by atoms with Crippen LogP contribution in [0.4, 0.5) is 11.4 Å². The van der Waals surface area contributed by atoms with E-state index in [2.05, 4.69) is 173 Å². The zero-order valence-electron chi connectivity index (χ0n) is 25.1. The molecule has 5 heteroatoms. The van der Waals surface area contributed by atoms with Crippen LogP contribution >= 0.6 is 0 Å². The van der Waals surface area contributed by atoms with Crippen LogP contribution < -0.4 is 9.62 Å². The van der Waals surface area contributed by atoms with Crippen molar-refractivity contribution in [2.24, 2.45) is 0 Å². The van der Waals surface area contributed by atoms with E-state index in [-0.39, 0.29) is 0 Å². The first-order valence-corrected chi connectivity index (χ1v) is 15.3. The largest absolute Gasteiger partial charge is 0.397 e. The molecule has 0 radical (unpaired) electrons. The molecule has 210 valence electrons. The van der Waals surface area contributed by atoms with Crippen molar-refractivity contribution in [1.29, 1.82) is 0 Å². The number of aromatic nitrogens is 2. The predicted octanol–water partition coefficient (Wildman–Crippen LogP) is 9.55. The number of nitrogens with zero attached hydrogens (tertiary/aromatic N) is 4. The van der Waals surface area contributed by atoms with E-state index < -0.39 is 0 Å². The van der Waals surface area contributed by atoms with E-state index in [1.807, 2.05) is 0 Å². The van der Waals surface area contributed by atoms with Gasteiger partial charge in [0.1, 0.15) is 0 Å². The van der Waals surface area contributed by atoms with Gasteiger partial charge in [0, 0.05) is 38.4 Å². The molecule has 0 amide bonds. The van der Waals surface area contributed by atoms with Gasteiger partial charge in [-0.2, -0.15) is 0 Å². The monoisotopic (exact) mass is 566 g/mol. The van der Waals surface area contributed by atoms with Crippen molar-refractivity contribution in [3.05, 3.63) is 133 Å². The molecule has 0 atom stereocenters. The molecule has 0 unspecified atom stereocenters. The maximum atomic E-state index is 2.47. The Morgan fingerprint density at radius 2 is 0.773 bits per heavy atom. The lowest BCUT2D eigenvalue weighted by Gasteiger charge is -2.19. The fourth-order valence-corrected chi connectivity index (χ4v) is 7.45. The average molecular weight is 567 g/mol. The highest BCUT2D eigenvalue weighted by molar-refractivity contribution is 6.68. The van der Waals surface area contributed by atoms with E-state index in [0.717, 1.165) is 0 Å². The number of anilines is 2. The van der Waals surface area contributed by atoms with Crippen LogP contribution in [0.5, 0.6) is 0 Å². The van der Waals surface area contributed by atoms with E-state index in [1.54, 1.807) is 0 Å². The number of benzene rings is 6. The van der Waals surface area contributed by atoms with Gasteiger partial charge in [-0.3, -0.25) is 0 Å². The minimum Gasteiger partial charge on any atom is -0.397 e. The standard InChI is InChI=1S/C39H31BN4/c1-40-41(2)38-24-31-30-18-8-13-23-36(30)44(37(31)25-39(38)42(40)3)35-22-12-7-17-29(35)28-16-6-11-21-34(28)43-32-19-9-4-14-26(32)27-15-5-10-20-33(27)43/h4-25H,1-3H3. The van der Waals surface area contributed by atoms with E-state index in [1.165, 1.54) is 77.5 Å². The molecule has 0 spiro atoms. The Morgan fingerprint density at radius 1 is 0.386 bits per heavy atom. The second-order valence-corrected chi connectivity index (χ2v) is 12.0. The molecule has 44 heavy (non-hydrogen) atoms. The summed E-state index contributed by atoms with van der Waals surface area (Å²) in [5.74, 6) is 0. The van der Waals surface area contributed by atoms with Crippen molar-refractivity contribution in [3.63, 3.8) is 0 Å². The maximum Gasteiger partial charge on any atom is 0.371 e. The van der Waals surface area contributed by atoms with Gasteiger partial charge in [-0.1, -0.05) is 91.0 Å². The van der Waals surface area contributed by atoms with E-state index >= 15 is 0 Å². The van der Waals surface area contributed by atoms with Crippen molar-refractivity contribution in [3.8, 4) is 22.5 Å². The minimum absolute atomic E-state index is 0.307. The summed E-state index contributed by atoms with van der Waals surface area (Å²) >= 11 is 0. The number of hydrogen-bond donors (Lipinski definition) is 0. The highest BCUT2D eigenvalue weighted by atomic mass is 15.3. The molecule has 0 N–H and O–H groups in total. The Bertz CT molecular complexity index is 2360. The first kappa shape index (κ1) is 25.1. The molecule has 3 heterocycles. The third-order valence-electron chi connectivity index (χ3n) is 9.81.